The number of hydrogen-bond acceptors (Lipinski definition) is 1. The van der Waals surface area contributed by atoms with Crippen molar-refractivity contribution in [3.05, 3.63) is 69.2 Å². The van der Waals surface area contributed by atoms with Crippen LogP contribution in [0.3, 0.4) is 0 Å². The Balaban J connectivity index is 2.07. The van der Waals surface area contributed by atoms with E-state index in [1.54, 1.807) is 0 Å². The van der Waals surface area contributed by atoms with Crippen molar-refractivity contribution in [3.63, 3.8) is 0 Å². The van der Waals surface area contributed by atoms with Gasteiger partial charge in [0.05, 0.1) is 15.7 Å². The van der Waals surface area contributed by atoms with Crippen LogP contribution >= 0.6 is 23.2 Å². The van der Waals surface area contributed by atoms with Gasteiger partial charge in [0.25, 0.3) is 0 Å². The van der Waals surface area contributed by atoms with Crippen molar-refractivity contribution in [2.24, 2.45) is 0 Å². The van der Waals surface area contributed by atoms with Gasteiger partial charge in [-0.3, -0.25) is 0 Å². The Bertz CT molecular complexity index is 691. The minimum absolute atomic E-state index is 0.424. The maximum Gasteiger partial charge on any atom is 0.0693 e. The molecule has 1 nitrogen and oxygen atoms in total. The largest absolute Gasteiger partial charge is 0.396 e. The summed E-state index contributed by atoms with van der Waals surface area (Å²) in [6.45, 7) is 0. The average molecular weight is 288 g/mol. The number of hydrogen-bond donors (Lipinski definition) is 1. The topological polar surface area (TPSA) is 26.0 Å². The first-order valence-corrected chi connectivity index (χ1v) is 6.64. The van der Waals surface area contributed by atoms with E-state index in [1.807, 2.05) is 24.3 Å². The predicted octanol–water partition coefficient (Wildman–Crippen LogP) is 5.14. The number of rotatable bonds is 1. The van der Waals surface area contributed by atoms with Crippen molar-refractivity contribution in [2.75, 3.05) is 5.73 Å². The lowest BCUT2D eigenvalue weighted by molar-refractivity contribution is 1.61. The summed E-state index contributed by atoms with van der Waals surface area (Å²) in [6.07, 6.45) is 6.24. The molecule has 2 N–H and O–H groups in total. The Hall–Kier alpha value is -1.70. The van der Waals surface area contributed by atoms with Crippen LogP contribution in [0.1, 0.15) is 16.7 Å². The Morgan fingerprint density at radius 3 is 2.37 bits per heavy atom. The molecule has 0 amide bonds. The third-order valence-corrected chi connectivity index (χ3v) is 3.76. The van der Waals surface area contributed by atoms with E-state index < -0.39 is 0 Å². The van der Waals surface area contributed by atoms with Gasteiger partial charge in [-0.1, -0.05) is 59.6 Å². The minimum atomic E-state index is 0.424. The van der Waals surface area contributed by atoms with E-state index in [0.29, 0.717) is 15.7 Å². The molecule has 0 fully saturated rings. The highest BCUT2D eigenvalue weighted by Crippen LogP contribution is 2.33. The Morgan fingerprint density at radius 2 is 1.63 bits per heavy atom. The van der Waals surface area contributed by atoms with Crippen LogP contribution in [0.15, 0.2) is 42.5 Å². The molecule has 0 bridgehead atoms. The summed E-state index contributed by atoms with van der Waals surface area (Å²) in [7, 11) is 0. The van der Waals surface area contributed by atoms with E-state index in [0.717, 1.165) is 11.1 Å². The monoisotopic (exact) mass is 287 g/mol. The van der Waals surface area contributed by atoms with Gasteiger partial charge in [0.15, 0.2) is 0 Å². The second kappa shape index (κ2) is 4.76. The van der Waals surface area contributed by atoms with Gasteiger partial charge < -0.3 is 5.73 Å². The van der Waals surface area contributed by atoms with Crippen molar-refractivity contribution in [2.45, 2.75) is 0 Å². The van der Waals surface area contributed by atoms with Gasteiger partial charge in [0.1, 0.15) is 0 Å². The standard InChI is InChI=1S/C16H11Cl2N/c17-14-8-10(9-15(18)16(14)19)7-12-6-5-11-3-1-2-4-13(11)12/h1-9H,19H2/b12-7+. The van der Waals surface area contributed by atoms with Crippen LogP contribution in [0.4, 0.5) is 5.69 Å². The van der Waals surface area contributed by atoms with Crippen LogP contribution in [-0.4, -0.2) is 0 Å². The summed E-state index contributed by atoms with van der Waals surface area (Å²) < 4.78 is 0. The first-order valence-electron chi connectivity index (χ1n) is 5.89. The van der Waals surface area contributed by atoms with Crippen molar-refractivity contribution in [1.82, 2.24) is 0 Å². The van der Waals surface area contributed by atoms with Crippen molar-refractivity contribution < 1.29 is 0 Å². The minimum Gasteiger partial charge on any atom is -0.396 e. The number of benzene rings is 2. The SMILES string of the molecule is Nc1c(Cl)cc(/C=C2\C=Cc3ccccc32)cc1Cl. The van der Waals surface area contributed by atoms with Crippen LogP contribution in [0.2, 0.25) is 10.0 Å². The Kier molecular flexibility index (Phi) is 3.09. The molecule has 0 aliphatic heterocycles. The highest BCUT2D eigenvalue weighted by atomic mass is 35.5. The van der Waals surface area contributed by atoms with Crippen molar-refractivity contribution >= 4 is 46.6 Å². The number of halogens is 2. The van der Waals surface area contributed by atoms with Crippen LogP contribution in [-0.2, 0) is 0 Å². The Labute approximate surface area is 122 Å². The first kappa shape index (κ1) is 12.3. The molecule has 19 heavy (non-hydrogen) atoms. The third-order valence-electron chi connectivity index (χ3n) is 3.14. The number of nitrogens with two attached hydrogens (primary N) is 1. The van der Waals surface area contributed by atoms with Crippen LogP contribution in [0.5, 0.6) is 0 Å². The van der Waals surface area contributed by atoms with Gasteiger partial charge in [-0.25, -0.2) is 0 Å². The van der Waals surface area contributed by atoms with E-state index in [-0.39, 0.29) is 0 Å². The van der Waals surface area contributed by atoms with Crippen LogP contribution in [0.25, 0.3) is 17.7 Å². The lowest BCUT2D eigenvalue weighted by Gasteiger charge is -2.05. The summed E-state index contributed by atoms with van der Waals surface area (Å²) in [5.74, 6) is 0. The average Bonchev–Trinajstić information content (AvgIpc) is 2.79. The summed E-state index contributed by atoms with van der Waals surface area (Å²) in [5, 5.41) is 0.962. The molecule has 3 heteroatoms. The maximum absolute atomic E-state index is 6.05. The second-order valence-corrected chi connectivity index (χ2v) is 5.23. The van der Waals surface area contributed by atoms with Gasteiger partial charge in [-0.05, 0) is 40.5 Å². The zero-order chi connectivity index (χ0) is 13.4. The van der Waals surface area contributed by atoms with Crippen molar-refractivity contribution in [1.29, 1.82) is 0 Å². The number of nitrogen functional groups attached to an aromatic ring is 1. The molecule has 0 radical (unpaired) electrons. The Morgan fingerprint density at radius 1 is 0.947 bits per heavy atom. The zero-order valence-electron chi connectivity index (χ0n) is 10.0. The molecule has 2 aromatic rings. The van der Waals surface area contributed by atoms with Gasteiger partial charge in [-0.15, -0.1) is 0 Å². The van der Waals surface area contributed by atoms with Gasteiger partial charge >= 0.3 is 0 Å². The summed E-state index contributed by atoms with van der Waals surface area (Å²) >= 11 is 12.1. The van der Waals surface area contributed by atoms with E-state index in [9.17, 15) is 0 Å². The number of allylic oxidation sites excluding steroid dienone is 2. The fourth-order valence-electron chi connectivity index (χ4n) is 2.17. The van der Waals surface area contributed by atoms with E-state index in [1.165, 1.54) is 11.1 Å². The predicted molar refractivity (Wildman–Crippen MR) is 84.2 cm³/mol. The number of anilines is 1. The van der Waals surface area contributed by atoms with Crippen molar-refractivity contribution in [3.8, 4) is 0 Å². The normalized spacial score (nSPS) is 14.9. The molecular weight excluding hydrogens is 277 g/mol. The molecule has 1 aliphatic rings. The molecule has 0 saturated carbocycles. The maximum atomic E-state index is 6.05. The van der Waals surface area contributed by atoms with E-state index in [2.05, 4.69) is 30.4 Å². The smallest absolute Gasteiger partial charge is 0.0693 e. The molecule has 94 valence electrons. The van der Waals surface area contributed by atoms with Gasteiger partial charge in [0, 0.05) is 0 Å². The fourth-order valence-corrected chi connectivity index (χ4v) is 2.67. The lowest BCUT2D eigenvalue weighted by atomic mass is 10.0. The molecule has 0 spiro atoms. The summed E-state index contributed by atoms with van der Waals surface area (Å²) in [4.78, 5) is 0. The van der Waals surface area contributed by atoms with Gasteiger partial charge in [-0.2, -0.15) is 0 Å². The molecular formula is C16H11Cl2N. The summed E-state index contributed by atoms with van der Waals surface area (Å²) in [6, 6.07) is 11.9. The fraction of sp³-hybridized carbons (Fsp3) is 0. The molecule has 0 unspecified atom stereocenters. The highest BCUT2D eigenvalue weighted by molar-refractivity contribution is 6.39. The van der Waals surface area contributed by atoms with Crippen LogP contribution in [0, 0.1) is 0 Å². The van der Waals surface area contributed by atoms with Crippen LogP contribution < -0.4 is 5.73 Å². The van der Waals surface area contributed by atoms with Gasteiger partial charge in [0.2, 0.25) is 0 Å². The third kappa shape index (κ3) is 2.27. The second-order valence-electron chi connectivity index (χ2n) is 4.42. The zero-order valence-corrected chi connectivity index (χ0v) is 11.5. The number of fused-ring (bicyclic) bond motifs is 1. The molecule has 1 aliphatic carbocycles. The molecule has 3 rings (SSSR count). The molecule has 0 heterocycles. The highest BCUT2D eigenvalue weighted by Gasteiger charge is 2.10. The lowest BCUT2D eigenvalue weighted by Crippen LogP contribution is -1.89. The molecule has 0 atom stereocenters. The molecule has 0 saturated heterocycles. The van der Waals surface area contributed by atoms with E-state index in [4.69, 9.17) is 28.9 Å². The molecule has 0 aromatic heterocycles. The molecule has 2 aromatic carbocycles. The first-order chi connectivity index (χ1) is 9.15. The van der Waals surface area contributed by atoms with E-state index >= 15 is 0 Å². The quantitative estimate of drug-likeness (QED) is 0.722. The summed E-state index contributed by atoms with van der Waals surface area (Å²) in [5.41, 5.74) is 10.7.